The number of nitrogens with one attached hydrogen (secondary N) is 1. The van der Waals surface area contributed by atoms with Crippen molar-refractivity contribution in [1.82, 2.24) is 5.32 Å². The van der Waals surface area contributed by atoms with Crippen molar-refractivity contribution in [3.8, 4) is 0 Å². The molecule has 1 fully saturated rings. The number of allylic oxidation sites excluding steroid dienone is 1. The summed E-state index contributed by atoms with van der Waals surface area (Å²) >= 11 is 0. The van der Waals surface area contributed by atoms with Crippen molar-refractivity contribution >= 4 is 9.84 Å². The van der Waals surface area contributed by atoms with Crippen molar-refractivity contribution in [3.63, 3.8) is 0 Å². The Bertz CT molecular complexity index is 284. The van der Waals surface area contributed by atoms with Gasteiger partial charge in [0.1, 0.15) is 9.84 Å². The maximum absolute atomic E-state index is 11.2. The van der Waals surface area contributed by atoms with Gasteiger partial charge in [0, 0.05) is 6.04 Å². The van der Waals surface area contributed by atoms with Gasteiger partial charge in [-0.1, -0.05) is 12.5 Å². The summed E-state index contributed by atoms with van der Waals surface area (Å²) in [5.74, 6) is 0.724. The van der Waals surface area contributed by atoms with Gasteiger partial charge in [-0.15, -0.1) is 6.58 Å². The Kier molecular flexibility index (Phi) is 6.06. The topological polar surface area (TPSA) is 46.2 Å². The highest BCUT2D eigenvalue weighted by molar-refractivity contribution is 7.91. The average molecular weight is 245 g/mol. The van der Waals surface area contributed by atoms with Crippen LogP contribution in [-0.2, 0) is 9.84 Å². The van der Waals surface area contributed by atoms with Gasteiger partial charge in [0.15, 0.2) is 0 Å². The van der Waals surface area contributed by atoms with Gasteiger partial charge in [-0.3, -0.25) is 0 Å². The quantitative estimate of drug-likeness (QED) is 0.550. The SMILES string of the molecule is C=CCCCCCNC1CCS(=O)(=O)CC1. The van der Waals surface area contributed by atoms with E-state index in [2.05, 4.69) is 11.9 Å². The van der Waals surface area contributed by atoms with Crippen LogP contribution in [0.15, 0.2) is 12.7 Å². The number of sulfone groups is 1. The van der Waals surface area contributed by atoms with Gasteiger partial charge in [-0.05, 0) is 38.6 Å². The van der Waals surface area contributed by atoms with Gasteiger partial charge >= 0.3 is 0 Å². The van der Waals surface area contributed by atoms with Crippen LogP contribution in [0.25, 0.3) is 0 Å². The molecule has 94 valence electrons. The average Bonchev–Trinajstić information content (AvgIpc) is 2.25. The maximum atomic E-state index is 11.2. The molecule has 0 aliphatic carbocycles. The third-order valence-electron chi connectivity index (χ3n) is 3.07. The van der Waals surface area contributed by atoms with E-state index in [9.17, 15) is 8.42 Å². The number of hydrogen-bond acceptors (Lipinski definition) is 3. The first-order chi connectivity index (χ1) is 7.64. The fourth-order valence-electron chi connectivity index (χ4n) is 1.99. The van der Waals surface area contributed by atoms with Crippen molar-refractivity contribution in [3.05, 3.63) is 12.7 Å². The normalized spacial score (nSPS) is 20.8. The van der Waals surface area contributed by atoms with E-state index in [4.69, 9.17) is 0 Å². The van der Waals surface area contributed by atoms with Crippen LogP contribution in [-0.4, -0.2) is 32.5 Å². The largest absolute Gasteiger partial charge is 0.314 e. The molecular formula is C12H23NO2S. The zero-order valence-corrected chi connectivity index (χ0v) is 10.8. The van der Waals surface area contributed by atoms with Crippen LogP contribution in [0, 0.1) is 0 Å². The van der Waals surface area contributed by atoms with E-state index >= 15 is 0 Å². The smallest absolute Gasteiger partial charge is 0.150 e. The summed E-state index contributed by atoms with van der Waals surface area (Å²) in [6.45, 7) is 4.71. The first-order valence-electron chi connectivity index (χ1n) is 6.19. The van der Waals surface area contributed by atoms with Gasteiger partial charge in [-0.2, -0.15) is 0 Å². The minimum absolute atomic E-state index is 0.362. The van der Waals surface area contributed by atoms with E-state index in [0.717, 1.165) is 25.8 Å². The summed E-state index contributed by atoms with van der Waals surface area (Å²) in [4.78, 5) is 0. The van der Waals surface area contributed by atoms with Crippen LogP contribution in [0.3, 0.4) is 0 Å². The Morgan fingerprint density at radius 1 is 1.19 bits per heavy atom. The van der Waals surface area contributed by atoms with Crippen molar-refractivity contribution < 1.29 is 8.42 Å². The van der Waals surface area contributed by atoms with Gasteiger partial charge < -0.3 is 5.32 Å². The second-order valence-electron chi connectivity index (χ2n) is 4.52. The molecule has 3 nitrogen and oxygen atoms in total. The monoisotopic (exact) mass is 245 g/mol. The molecule has 1 aliphatic rings. The van der Waals surface area contributed by atoms with Crippen molar-refractivity contribution in [2.75, 3.05) is 18.1 Å². The van der Waals surface area contributed by atoms with Crippen LogP contribution < -0.4 is 5.32 Å². The lowest BCUT2D eigenvalue weighted by Crippen LogP contribution is -2.37. The second kappa shape index (κ2) is 7.07. The molecule has 1 aliphatic heterocycles. The molecule has 0 atom stereocenters. The molecular weight excluding hydrogens is 222 g/mol. The Hall–Kier alpha value is -0.350. The molecule has 0 aromatic rings. The first kappa shape index (κ1) is 13.7. The number of unbranched alkanes of at least 4 members (excludes halogenated alkanes) is 3. The highest BCUT2D eigenvalue weighted by Gasteiger charge is 2.22. The summed E-state index contributed by atoms with van der Waals surface area (Å²) in [6.07, 6.45) is 8.25. The minimum atomic E-state index is -2.71. The Morgan fingerprint density at radius 2 is 1.88 bits per heavy atom. The molecule has 0 amide bonds. The summed E-state index contributed by atoms with van der Waals surface area (Å²) in [5.41, 5.74) is 0. The molecule has 0 radical (unpaired) electrons. The first-order valence-corrected chi connectivity index (χ1v) is 8.01. The molecule has 16 heavy (non-hydrogen) atoms. The summed E-state index contributed by atoms with van der Waals surface area (Å²) in [7, 11) is -2.71. The maximum Gasteiger partial charge on any atom is 0.150 e. The number of rotatable bonds is 7. The fourth-order valence-corrected chi connectivity index (χ4v) is 3.48. The molecule has 4 heteroatoms. The van der Waals surface area contributed by atoms with E-state index < -0.39 is 9.84 Å². The van der Waals surface area contributed by atoms with Crippen LogP contribution in [0.1, 0.15) is 38.5 Å². The molecule has 0 saturated carbocycles. The summed E-state index contributed by atoms with van der Waals surface area (Å²) in [6, 6.07) is 0.419. The molecule has 1 N–H and O–H groups in total. The Balaban J connectivity index is 2.00. The van der Waals surface area contributed by atoms with E-state index in [-0.39, 0.29) is 0 Å². The van der Waals surface area contributed by atoms with Crippen LogP contribution in [0.5, 0.6) is 0 Å². The van der Waals surface area contributed by atoms with Crippen LogP contribution in [0.4, 0.5) is 0 Å². The lowest BCUT2D eigenvalue weighted by molar-refractivity contribution is 0.454. The van der Waals surface area contributed by atoms with Crippen LogP contribution >= 0.6 is 0 Å². The van der Waals surface area contributed by atoms with Crippen LogP contribution in [0.2, 0.25) is 0 Å². The lowest BCUT2D eigenvalue weighted by Gasteiger charge is -2.23. The molecule has 1 rings (SSSR count). The summed E-state index contributed by atoms with van der Waals surface area (Å²) in [5, 5.41) is 3.45. The molecule has 1 heterocycles. The molecule has 0 bridgehead atoms. The van der Waals surface area contributed by atoms with E-state index in [1.807, 2.05) is 6.08 Å². The van der Waals surface area contributed by atoms with Gasteiger partial charge in [-0.25, -0.2) is 8.42 Å². The highest BCUT2D eigenvalue weighted by atomic mass is 32.2. The summed E-state index contributed by atoms with van der Waals surface area (Å²) < 4.78 is 22.4. The van der Waals surface area contributed by atoms with Crippen molar-refractivity contribution in [2.24, 2.45) is 0 Å². The number of hydrogen-bond donors (Lipinski definition) is 1. The highest BCUT2D eigenvalue weighted by Crippen LogP contribution is 2.12. The fraction of sp³-hybridized carbons (Fsp3) is 0.833. The zero-order valence-electron chi connectivity index (χ0n) is 9.95. The van der Waals surface area contributed by atoms with Crippen molar-refractivity contribution in [2.45, 2.75) is 44.6 Å². The van der Waals surface area contributed by atoms with E-state index in [1.165, 1.54) is 19.3 Å². The third kappa shape index (κ3) is 5.66. The predicted molar refractivity (Wildman–Crippen MR) is 68.3 cm³/mol. The molecule has 0 aromatic heterocycles. The van der Waals surface area contributed by atoms with Gasteiger partial charge in [0.2, 0.25) is 0 Å². The molecule has 0 aromatic carbocycles. The zero-order chi connectivity index (χ0) is 11.9. The minimum Gasteiger partial charge on any atom is -0.314 e. The Morgan fingerprint density at radius 3 is 2.50 bits per heavy atom. The standard InChI is InChI=1S/C12H23NO2S/c1-2-3-4-5-6-9-13-12-7-10-16(14,15)11-8-12/h2,12-13H,1,3-11H2. The second-order valence-corrected chi connectivity index (χ2v) is 6.82. The van der Waals surface area contributed by atoms with Gasteiger partial charge in [0.05, 0.1) is 11.5 Å². The Labute approximate surface area is 99.2 Å². The molecule has 0 spiro atoms. The van der Waals surface area contributed by atoms with E-state index in [1.54, 1.807) is 0 Å². The third-order valence-corrected chi connectivity index (χ3v) is 4.79. The lowest BCUT2D eigenvalue weighted by atomic mass is 10.1. The van der Waals surface area contributed by atoms with Crippen molar-refractivity contribution in [1.29, 1.82) is 0 Å². The van der Waals surface area contributed by atoms with E-state index in [0.29, 0.717) is 17.5 Å². The predicted octanol–water partition coefficient (Wildman–Crippen LogP) is 1.90. The molecule has 1 saturated heterocycles. The molecule has 0 unspecified atom stereocenters. The van der Waals surface area contributed by atoms with Gasteiger partial charge in [0.25, 0.3) is 0 Å².